The second-order valence-electron chi connectivity index (χ2n) is 3.78. The number of rotatable bonds is 2. The number of Topliss-reactive ketones (excluding diaryl/α,β-unsaturated/α-hetero) is 1. The van der Waals surface area contributed by atoms with Crippen LogP contribution >= 0.6 is 0 Å². The Morgan fingerprint density at radius 1 is 1.29 bits per heavy atom. The van der Waals surface area contributed by atoms with Crippen LogP contribution in [0.2, 0.25) is 0 Å². The summed E-state index contributed by atoms with van der Waals surface area (Å²) in [7, 11) is 0. The van der Waals surface area contributed by atoms with Crippen molar-refractivity contribution in [3.05, 3.63) is 35.4 Å². The Bertz CT molecular complexity index is 370. The summed E-state index contributed by atoms with van der Waals surface area (Å²) in [5.74, 6) is -2.05. The molecule has 1 rings (SSSR count). The minimum Gasteiger partial charge on any atom is -0.299 e. The zero-order valence-electron chi connectivity index (χ0n) is 8.40. The number of benzene rings is 1. The standard InChI is InChI=1S/C11H12F2O/c1-7(14)11(2,3)8-5-4-6-9(12)10(8)13/h4-6H,1-3H3. The minimum atomic E-state index is -0.980. The van der Waals surface area contributed by atoms with Crippen LogP contribution in [0.1, 0.15) is 26.3 Å². The fourth-order valence-corrected chi connectivity index (χ4v) is 1.18. The molecular formula is C11H12F2O. The molecule has 0 radical (unpaired) electrons. The van der Waals surface area contributed by atoms with E-state index in [0.717, 1.165) is 6.07 Å². The summed E-state index contributed by atoms with van der Waals surface area (Å²) in [6.45, 7) is 4.52. The van der Waals surface area contributed by atoms with Gasteiger partial charge < -0.3 is 0 Å². The first kappa shape index (κ1) is 10.8. The Morgan fingerprint density at radius 3 is 2.36 bits per heavy atom. The minimum absolute atomic E-state index is 0.102. The zero-order valence-corrected chi connectivity index (χ0v) is 8.40. The largest absolute Gasteiger partial charge is 0.299 e. The van der Waals surface area contributed by atoms with E-state index in [1.807, 2.05) is 0 Å². The van der Waals surface area contributed by atoms with Gasteiger partial charge in [0.15, 0.2) is 11.6 Å². The highest BCUT2D eigenvalue weighted by atomic mass is 19.2. The van der Waals surface area contributed by atoms with E-state index < -0.39 is 17.0 Å². The van der Waals surface area contributed by atoms with E-state index in [9.17, 15) is 13.6 Å². The van der Waals surface area contributed by atoms with Gasteiger partial charge in [0.05, 0.1) is 5.41 Å². The molecule has 0 aliphatic carbocycles. The molecule has 0 bridgehead atoms. The molecular weight excluding hydrogens is 186 g/mol. The first-order valence-electron chi connectivity index (χ1n) is 4.33. The van der Waals surface area contributed by atoms with E-state index in [1.54, 1.807) is 13.8 Å². The van der Waals surface area contributed by atoms with Crippen LogP contribution in [0.25, 0.3) is 0 Å². The van der Waals surface area contributed by atoms with E-state index in [4.69, 9.17) is 0 Å². The summed E-state index contributed by atoms with van der Waals surface area (Å²) in [5.41, 5.74) is -0.878. The Kier molecular flexibility index (Phi) is 2.69. The maximum Gasteiger partial charge on any atom is 0.163 e. The van der Waals surface area contributed by atoms with Crippen molar-refractivity contribution in [2.45, 2.75) is 26.2 Å². The van der Waals surface area contributed by atoms with Gasteiger partial charge in [0.25, 0.3) is 0 Å². The van der Waals surface area contributed by atoms with E-state index in [-0.39, 0.29) is 11.3 Å². The normalized spacial score (nSPS) is 11.5. The van der Waals surface area contributed by atoms with E-state index >= 15 is 0 Å². The highest BCUT2D eigenvalue weighted by molar-refractivity contribution is 5.87. The van der Waals surface area contributed by atoms with Crippen LogP contribution < -0.4 is 0 Å². The van der Waals surface area contributed by atoms with Gasteiger partial charge in [0.1, 0.15) is 5.78 Å². The average molecular weight is 198 g/mol. The lowest BCUT2D eigenvalue weighted by Crippen LogP contribution is -2.28. The highest BCUT2D eigenvalue weighted by Gasteiger charge is 2.30. The second kappa shape index (κ2) is 3.48. The SMILES string of the molecule is CC(=O)C(C)(C)c1cccc(F)c1F. The van der Waals surface area contributed by atoms with Crippen molar-refractivity contribution in [3.8, 4) is 0 Å². The van der Waals surface area contributed by atoms with Crippen molar-refractivity contribution in [2.75, 3.05) is 0 Å². The molecule has 0 amide bonds. The fourth-order valence-electron chi connectivity index (χ4n) is 1.18. The summed E-state index contributed by atoms with van der Waals surface area (Å²) >= 11 is 0. The zero-order chi connectivity index (χ0) is 10.9. The number of hydrogen-bond acceptors (Lipinski definition) is 1. The maximum atomic E-state index is 13.3. The smallest absolute Gasteiger partial charge is 0.163 e. The molecule has 1 aromatic carbocycles. The average Bonchev–Trinajstić information content (AvgIpc) is 2.09. The number of ketones is 1. The van der Waals surface area contributed by atoms with Crippen LogP contribution in [0, 0.1) is 11.6 Å². The van der Waals surface area contributed by atoms with Crippen molar-refractivity contribution < 1.29 is 13.6 Å². The number of hydrogen-bond donors (Lipinski definition) is 0. The Labute approximate surface area is 81.7 Å². The first-order valence-corrected chi connectivity index (χ1v) is 4.33. The first-order chi connectivity index (χ1) is 6.37. The Balaban J connectivity index is 3.33. The molecule has 0 fully saturated rings. The van der Waals surface area contributed by atoms with Gasteiger partial charge in [-0.25, -0.2) is 8.78 Å². The topological polar surface area (TPSA) is 17.1 Å². The summed E-state index contributed by atoms with van der Waals surface area (Å²) in [6.07, 6.45) is 0. The Hall–Kier alpha value is -1.25. The lowest BCUT2D eigenvalue weighted by Gasteiger charge is -2.22. The van der Waals surface area contributed by atoms with E-state index in [1.165, 1.54) is 19.1 Å². The highest BCUT2D eigenvalue weighted by Crippen LogP contribution is 2.27. The molecule has 0 aromatic heterocycles. The quantitative estimate of drug-likeness (QED) is 0.714. The van der Waals surface area contributed by atoms with Crippen molar-refractivity contribution in [1.29, 1.82) is 0 Å². The Morgan fingerprint density at radius 2 is 1.86 bits per heavy atom. The molecule has 0 unspecified atom stereocenters. The lowest BCUT2D eigenvalue weighted by atomic mass is 9.81. The molecule has 0 spiro atoms. The van der Waals surface area contributed by atoms with Gasteiger partial charge in [-0.15, -0.1) is 0 Å². The van der Waals surface area contributed by atoms with Gasteiger partial charge in [-0.3, -0.25) is 4.79 Å². The van der Waals surface area contributed by atoms with E-state index in [2.05, 4.69) is 0 Å². The molecule has 0 aliphatic heterocycles. The summed E-state index contributed by atoms with van der Waals surface area (Å²) in [5, 5.41) is 0. The molecule has 0 saturated carbocycles. The molecule has 76 valence electrons. The van der Waals surface area contributed by atoms with Crippen LogP contribution in [0.3, 0.4) is 0 Å². The monoisotopic (exact) mass is 198 g/mol. The molecule has 0 atom stereocenters. The molecule has 0 saturated heterocycles. The van der Waals surface area contributed by atoms with Gasteiger partial charge in [-0.05, 0) is 26.8 Å². The van der Waals surface area contributed by atoms with Crippen molar-refractivity contribution in [1.82, 2.24) is 0 Å². The molecule has 1 nitrogen and oxygen atoms in total. The number of carbonyl (C=O) groups excluding carboxylic acids is 1. The third-order valence-corrected chi connectivity index (χ3v) is 2.51. The van der Waals surface area contributed by atoms with Gasteiger partial charge in [-0.1, -0.05) is 12.1 Å². The second-order valence-corrected chi connectivity index (χ2v) is 3.78. The molecule has 0 N–H and O–H groups in total. The third-order valence-electron chi connectivity index (χ3n) is 2.51. The molecule has 0 aliphatic rings. The van der Waals surface area contributed by atoms with Crippen LogP contribution in [0.5, 0.6) is 0 Å². The summed E-state index contributed by atoms with van der Waals surface area (Å²) < 4.78 is 26.2. The van der Waals surface area contributed by atoms with Crippen molar-refractivity contribution >= 4 is 5.78 Å². The van der Waals surface area contributed by atoms with Crippen molar-refractivity contribution in [3.63, 3.8) is 0 Å². The van der Waals surface area contributed by atoms with Gasteiger partial charge in [0.2, 0.25) is 0 Å². The fraction of sp³-hybridized carbons (Fsp3) is 0.364. The van der Waals surface area contributed by atoms with Crippen LogP contribution in [0.4, 0.5) is 8.78 Å². The number of halogens is 2. The lowest BCUT2D eigenvalue weighted by molar-refractivity contribution is -0.121. The van der Waals surface area contributed by atoms with Crippen LogP contribution in [0.15, 0.2) is 18.2 Å². The summed E-state index contributed by atoms with van der Waals surface area (Å²) in [6, 6.07) is 3.87. The predicted molar refractivity (Wildman–Crippen MR) is 50.1 cm³/mol. The molecule has 1 aromatic rings. The van der Waals surface area contributed by atoms with Gasteiger partial charge >= 0.3 is 0 Å². The summed E-state index contributed by atoms with van der Waals surface area (Å²) in [4.78, 5) is 11.2. The predicted octanol–water partition coefficient (Wildman–Crippen LogP) is 2.83. The molecule has 14 heavy (non-hydrogen) atoms. The number of carbonyl (C=O) groups is 1. The van der Waals surface area contributed by atoms with E-state index in [0.29, 0.717) is 0 Å². The van der Waals surface area contributed by atoms with Crippen LogP contribution in [-0.4, -0.2) is 5.78 Å². The maximum absolute atomic E-state index is 13.3. The van der Waals surface area contributed by atoms with Gasteiger partial charge in [-0.2, -0.15) is 0 Å². The molecule has 0 heterocycles. The third kappa shape index (κ3) is 1.67. The molecule has 3 heteroatoms. The van der Waals surface area contributed by atoms with Crippen LogP contribution in [-0.2, 0) is 10.2 Å². The van der Waals surface area contributed by atoms with Crippen molar-refractivity contribution in [2.24, 2.45) is 0 Å². The van der Waals surface area contributed by atoms with Gasteiger partial charge in [0, 0.05) is 5.56 Å².